The number of hydrogen-bond acceptors (Lipinski definition) is 5. The molecule has 0 radical (unpaired) electrons. The number of allylic oxidation sites excluding steroid dienone is 2. The number of rotatable bonds is 4. The zero-order valence-electron chi connectivity index (χ0n) is 20.3. The fraction of sp³-hybridized carbons (Fsp3) is 0.423. The Morgan fingerprint density at radius 3 is 2.38 bits per heavy atom. The smallest absolute Gasteiger partial charge is 0.414 e. The van der Waals surface area contributed by atoms with Gasteiger partial charge in [0.25, 0.3) is 5.91 Å². The molecule has 1 atom stereocenters. The third-order valence-electron chi connectivity index (χ3n) is 5.66. The molecule has 8 heteroatoms. The highest BCUT2D eigenvalue weighted by atomic mass is 32.2. The van der Waals surface area contributed by atoms with E-state index in [2.05, 4.69) is 6.58 Å². The fourth-order valence-corrected chi connectivity index (χ4v) is 4.92. The molecule has 34 heavy (non-hydrogen) atoms. The first-order chi connectivity index (χ1) is 16.2. The number of benzene rings is 1. The van der Waals surface area contributed by atoms with Crippen molar-refractivity contribution in [3.8, 4) is 0 Å². The topological polar surface area (TPSA) is 70.2 Å². The number of piperazine rings is 1. The zero-order valence-corrected chi connectivity index (χ0v) is 21.1. The average molecular weight is 484 g/mol. The molecule has 0 N–H and O–H groups in total. The Kier molecular flexibility index (Phi) is 8.61. The van der Waals surface area contributed by atoms with Crippen molar-refractivity contribution in [2.45, 2.75) is 39.8 Å². The zero-order chi connectivity index (χ0) is 24.8. The van der Waals surface area contributed by atoms with Crippen LogP contribution in [0.15, 0.2) is 54.4 Å². The summed E-state index contributed by atoms with van der Waals surface area (Å²) in [6, 6.07) is 7.25. The quantitative estimate of drug-likeness (QED) is 0.636. The summed E-state index contributed by atoms with van der Waals surface area (Å²) >= 11 is 1.87. The summed E-state index contributed by atoms with van der Waals surface area (Å²) in [6.07, 6.45) is 4.76. The normalized spacial score (nSPS) is 20.4. The van der Waals surface area contributed by atoms with Crippen LogP contribution in [-0.4, -0.2) is 75.9 Å². The number of amides is 3. The number of carbonyl (C=O) groups excluding carboxylic acids is 3. The molecule has 1 aromatic rings. The molecule has 0 aromatic heterocycles. The van der Waals surface area contributed by atoms with Crippen LogP contribution in [0.25, 0.3) is 6.08 Å². The van der Waals surface area contributed by atoms with Gasteiger partial charge in [0.15, 0.2) is 0 Å². The first-order valence-electron chi connectivity index (χ1n) is 11.5. The fourth-order valence-electron chi connectivity index (χ4n) is 4.01. The number of carbonyl (C=O) groups is 3. The van der Waals surface area contributed by atoms with Gasteiger partial charge in [0.05, 0.1) is 23.5 Å². The van der Waals surface area contributed by atoms with Gasteiger partial charge in [-0.05, 0) is 44.5 Å². The van der Waals surface area contributed by atoms with Gasteiger partial charge in [-0.15, -0.1) is 0 Å². The monoisotopic (exact) mass is 483 g/mol. The van der Waals surface area contributed by atoms with Crippen LogP contribution >= 0.6 is 11.8 Å². The molecule has 2 heterocycles. The summed E-state index contributed by atoms with van der Waals surface area (Å²) in [5.41, 5.74) is 2.57. The van der Waals surface area contributed by atoms with E-state index in [-0.39, 0.29) is 24.0 Å². The first kappa shape index (κ1) is 25.6. The number of nitrogens with zero attached hydrogens (tertiary/aromatic N) is 3. The Labute approximate surface area is 206 Å². The van der Waals surface area contributed by atoms with Gasteiger partial charge in [-0.2, -0.15) is 11.8 Å². The van der Waals surface area contributed by atoms with Gasteiger partial charge in [0.2, 0.25) is 5.91 Å². The summed E-state index contributed by atoms with van der Waals surface area (Å²) < 4.78 is 5.35. The largest absolute Gasteiger partial charge is 0.446 e. The van der Waals surface area contributed by atoms with E-state index in [1.807, 2.05) is 60.0 Å². The molecule has 2 saturated heterocycles. The van der Waals surface area contributed by atoms with Crippen molar-refractivity contribution in [3.05, 3.63) is 65.5 Å². The molecule has 2 aliphatic heterocycles. The lowest BCUT2D eigenvalue weighted by Gasteiger charge is -2.42. The van der Waals surface area contributed by atoms with E-state index in [9.17, 15) is 14.4 Å². The standard InChI is InChI=1S/C26H33N3O4S/c1-18(2)33-26(32)28-17-19(3)29(21(5)30)24(20(28)4)8-6-7-22-9-11-23(12-10-22)25(31)27-13-15-34-16-14-27/h6-12,18-19H,4,13-17H2,1-3,5H3/b7-6+,24-8+/t19-/m0/s1. The molecule has 0 aliphatic carbocycles. The molecule has 0 spiro atoms. The Morgan fingerprint density at radius 2 is 1.79 bits per heavy atom. The van der Waals surface area contributed by atoms with Crippen LogP contribution < -0.4 is 0 Å². The van der Waals surface area contributed by atoms with E-state index in [4.69, 9.17) is 4.74 Å². The highest BCUT2D eigenvalue weighted by Gasteiger charge is 2.35. The van der Waals surface area contributed by atoms with Crippen molar-refractivity contribution < 1.29 is 19.1 Å². The molecule has 0 bridgehead atoms. The molecule has 3 rings (SSSR count). The number of ether oxygens (including phenoxy) is 1. The second-order valence-electron chi connectivity index (χ2n) is 8.67. The van der Waals surface area contributed by atoms with Crippen molar-refractivity contribution in [3.63, 3.8) is 0 Å². The third-order valence-corrected chi connectivity index (χ3v) is 6.61. The Hall–Kier alpha value is -3.00. The molecule has 0 unspecified atom stereocenters. The van der Waals surface area contributed by atoms with E-state index in [1.165, 1.54) is 11.8 Å². The highest BCUT2D eigenvalue weighted by Crippen LogP contribution is 2.28. The molecule has 182 valence electrons. The van der Waals surface area contributed by atoms with Crippen LogP contribution in [0, 0.1) is 0 Å². The van der Waals surface area contributed by atoms with Crippen LogP contribution in [0.3, 0.4) is 0 Å². The lowest BCUT2D eigenvalue weighted by molar-refractivity contribution is -0.129. The minimum absolute atomic E-state index is 0.0657. The van der Waals surface area contributed by atoms with E-state index in [1.54, 1.807) is 24.8 Å². The van der Waals surface area contributed by atoms with Gasteiger partial charge in [0.1, 0.15) is 0 Å². The number of thioether (sulfide) groups is 1. The third kappa shape index (κ3) is 6.11. The second kappa shape index (κ2) is 11.4. The molecule has 3 amide bonds. The summed E-state index contributed by atoms with van der Waals surface area (Å²) in [7, 11) is 0. The van der Waals surface area contributed by atoms with E-state index >= 15 is 0 Å². The maximum absolute atomic E-state index is 12.7. The molecule has 7 nitrogen and oxygen atoms in total. The summed E-state index contributed by atoms with van der Waals surface area (Å²) in [6.45, 7) is 12.9. The molecule has 0 saturated carbocycles. The van der Waals surface area contributed by atoms with E-state index in [0.29, 0.717) is 23.5 Å². The summed E-state index contributed by atoms with van der Waals surface area (Å²) in [5.74, 6) is 1.91. The van der Waals surface area contributed by atoms with Crippen LogP contribution in [0.4, 0.5) is 4.79 Å². The Balaban J connectivity index is 1.76. The highest BCUT2D eigenvalue weighted by molar-refractivity contribution is 7.99. The lowest BCUT2D eigenvalue weighted by Crippen LogP contribution is -2.52. The van der Waals surface area contributed by atoms with Crippen molar-refractivity contribution in [2.75, 3.05) is 31.1 Å². The average Bonchev–Trinajstić information content (AvgIpc) is 2.80. The summed E-state index contributed by atoms with van der Waals surface area (Å²) in [4.78, 5) is 42.5. The van der Waals surface area contributed by atoms with Gasteiger partial charge < -0.3 is 14.5 Å². The minimum Gasteiger partial charge on any atom is -0.446 e. The molecule has 1 aromatic carbocycles. The first-order valence-corrected chi connectivity index (χ1v) is 12.7. The van der Waals surface area contributed by atoms with Gasteiger partial charge in [-0.3, -0.25) is 14.5 Å². The van der Waals surface area contributed by atoms with Crippen LogP contribution in [0.1, 0.15) is 43.6 Å². The van der Waals surface area contributed by atoms with Gasteiger partial charge in [0, 0.05) is 43.6 Å². The van der Waals surface area contributed by atoms with Crippen molar-refractivity contribution in [1.29, 1.82) is 0 Å². The van der Waals surface area contributed by atoms with Crippen LogP contribution in [-0.2, 0) is 9.53 Å². The second-order valence-corrected chi connectivity index (χ2v) is 9.89. The van der Waals surface area contributed by atoms with E-state index < -0.39 is 6.09 Å². The predicted octanol–water partition coefficient (Wildman–Crippen LogP) is 4.38. The Bertz CT molecular complexity index is 994. The van der Waals surface area contributed by atoms with Crippen LogP contribution in [0.5, 0.6) is 0 Å². The molecular formula is C26H33N3O4S. The summed E-state index contributed by atoms with van der Waals surface area (Å²) in [5, 5.41) is 0. The van der Waals surface area contributed by atoms with Crippen molar-refractivity contribution in [1.82, 2.24) is 14.7 Å². The van der Waals surface area contributed by atoms with Crippen molar-refractivity contribution >= 4 is 35.7 Å². The molecule has 2 aliphatic rings. The van der Waals surface area contributed by atoms with Gasteiger partial charge >= 0.3 is 6.09 Å². The maximum Gasteiger partial charge on any atom is 0.414 e. The lowest BCUT2D eigenvalue weighted by atomic mass is 10.1. The SMILES string of the molecule is C=C1/C(=C\C=C\c2ccc(C(=O)N3CCSCC3)cc2)N(C(C)=O)[C@@H](C)CN1C(=O)OC(C)C. The Morgan fingerprint density at radius 1 is 1.15 bits per heavy atom. The van der Waals surface area contributed by atoms with Gasteiger partial charge in [-0.1, -0.05) is 30.9 Å². The van der Waals surface area contributed by atoms with E-state index in [0.717, 1.165) is 30.2 Å². The number of hydrogen-bond donors (Lipinski definition) is 0. The molecular weight excluding hydrogens is 450 g/mol. The van der Waals surface area contributed by atoms with Crippen molar-refractivity contribution in [2.24, 2.45) is 0 Å². The van der Waals surface area contributed by atoms with Gasteiger partial charge in [-0.25, -0.2) is 4.79 Å². The predicted molar refractivity (Wildman–Crippen MR) is 136 cm³/mol. The minimum atomic E-state index is -0.475. The van der Waals surface area contributed by atoms with Crippen LogP contribution in [0.2, 0.25) is 0 Å². The maximum atomic E-state index is 12.7. The molecule has 2 fully saturated rings.